The second-order valence-corrected chi connectivity index (χ2v) is 12.7. The third-order valence-electron chi connectivity index (χ3n) is 9.64. The maximum Gasteiger partial charge on any atom is 0.242 e. The maximum absolute atomic E-state index is 13.9. The fourth-order valence-corrected chi connectivity index (χ4v) is 6.79. The first-order valence-electron chi connectivity index (χ1n) is 14.7. The Hall–Kier alpha value is -2.90. The van der Waals surface area contributed by atoms with Crippen molar-refractivity contribution in [3.63, 3.8) is 0 Å². The number of nitrogens with zero attached hydrogens (tertiary/aromatic N) is 1. The first-order chi connectivity index (χ1) is 19.3. The number of benzene rings is 2. The van der Waals surface area contributed by atoms with Crippen molar-refractivity contribution in [3.8, 4) is 0 Å². The zero-order chi connectivity index (χ0) is 27.9. The molecule has 3 aliphatic rings. The number of amides is 2. The molecule has 1 aliphatic heterocycles. The highest BCUT2D eigenvalue weighted by molar-refractivity contribution is 6.31. The number of hydrogen-bond acceptors (Lipinski definition) is 4. The van der Waals surface area contributed by atoms with E-state index in [1.165, 1.54) is 18.4 Å². The molecule has 2 aliphatic carbocycles. The second kappa shape index (κ2) is 10.8. The van der Waals surface area contributed by atoms with Crippen molar-refractivity contribution < 1.29 is 14.3 Å². The standard InChI is InChI=1S/C32H39ClN4O3/c1-3-34-29(38)28(20-7-6-8-20)37-30(39)32(15-16-40-19-32)21-11-12-25-26(17-21)36-27(35-25)18-23(31(2)13-14-31)22-9-4-5-10-24(22)33/h4-5,9-12,17,20,23,28H,3,6-8,13-16,18-19H2,1-2H3,(H,34,38)(H,35,36)(H,37,39)/t23-,28-,32?/m1/s1. The van der Waals surface area contributed by atoms with Crippen LogP contribution in [0.4, 0.5) is 0 Å². The van der Waals surface area contributed by atoms with Crippen molar-refractivity contribution in [1.82, 2.24) is 20.6 Å². The van der Waals surface area contributed by atoms with E-state index >= 15 is 0 Å². The highest BCUT2D eigenvalue weighted by Crippen LogP contribution is 2.57. The van der Waals surface area contributed by atoms with E-state index in [0.29, 0.717) is 26.2 Å². The molecule has 1 saturated heterocycles. The van der Waals surface area contributed by atoms with Gasteiger partial charge in [-0.05, 0) is 85.6 Å². The Morgan fingerprint density at radius 3 is 2.62 bits per heavy atom. The number of likely N-dealkylation sites (N-methyl/N-ethyl adjacent to an activating group) is 1. The third kappa shape index (κ3) is 5.03. The Morgan fingerprint density at radius 2 is 1.98 bits per heavy atom. The number of rotatable bonds is 10. The van der Waals surface area contributed by atoms with Crippen molar-refractivity contribution in [1.29, 1.82) is 0 Å². The highest BCUT2D eigenvalue weighted by Gasteiger charge is 2.47. The molecule has 2 amide bonds. The van der Waals surface area contributed by atoms with Gasteiger partial charge >= 0.3 is 0 Å². The number of nitrogens with one attached hydrogen (secondary N) is 3. The molecule has 2 heterocycles. The summed E-state index contributed by atoms with van der Waals surface area (Å²) in [6.07, 6.45) is 6.73. The molecule has 2 saturated carbocycles. The second-order valence-electron chi connectivity index (χ2n) is 12.3. The molecule has 3 N–H and O–H groups in total. The monoisotopic (exact) mass is 562 g/mol. The van der Waals surface area contributed by atoms with Gasteiger partial charge in [0.1, 0.15) is 11.9 Å². The van der Waals surface area contributed by atoms with Crippen molar-refractivity contribution in [3.05, 3.63) is 64.4 Å². The number of halogens is 1. The summed E-state index contributed by atoms with van der Waals surface area (Å²) in [6, 6.07) is 13.7. The van der Waals surface area contributed by atoms with E-state index in [2.05, 4.69) is 34.7 Å². The Morgan fingerprint density at radius 1 is 1.18 bits per heavy atom. The van der Waals surface area contributed by atoms with Crippen LogP contribution in [-0.4, -0.2) is 47.6 Å². The Kier molecular flexibility index (Phi) is 7.38. The van der Waals surface area contributed by atoms with Gasteiger partial charge < -0.3 is 20.4 Å². The Balaban J connectivity index is 1.27. The van der Waals surface area contributed by atoms with Gasteiger partial charge in [-0.15, -0.1) is 0 Å². The average molecular weight is 563 g/mol. The van der Waals surface area contributed by atoms with Crippen LogP contribution in [0.25, 0.3) is 11.0 Å². The summed E-state index contributed by atoms with van der Waals surface area (Å²) in [5.41, 5.74) is 3.24. The van der Waals surface area contributed by atoms with Gasteiger partial charge in [-0.2, -0.15) is 0 Å². The third-order valence-corrected chi connectivity index (χ3v) is 9.98. The number of hydrogen-bond donors (Lipinski definition) is 3. The molecule has 6 rings (SSSR count). The van der Waals surface area contributed by atoms with Gasteiger partial charge in [0, 0.05) is 24.6 Å². The zero-order valence-electron chi connectivity index (χ0n) is 23.4. The fraction of sp³-hybridized carbons (Fsp3) is 0.531. The van der Waals surface area contributed by atoms with Crippen LogP contribution in [0, 0.1) is 11.3 Å². The van der Waals surface area contributed by atoms with Crippen LogP contribution >= 0.6 is 11.6 Å². The fourth-order valence-electron chi connectivity index (χ4n) is 6.52. The number of aromatic amines is 1. The number of carbonyl (C=O) groups is 2. The average Bonchev–Trinajstić information content (AvgIpc) is 3.30. The minimum absolute atomic E-state index is 0.0966. The number of carbonyl (C=O) groups excluding carboxylic acids is 2. The molecule has 3 atom stereocenters. The van der Waals surface area contributed by atoms with Crippen molar-refractivity contribution in [2.24, 2.45) is 11.3 Å². The molecule has 2 aromatic carbocycles. The topological polar surface area (TPSA) is 96.1 Å². The van der Waals surface area contributed by atoms with Gasteiger partial charge in [-0.3, -0.25) is 9.59 Å². The van der Waals surface area contributed by atoms with Crippen molar-refractivity contribution >= 4 is 34.4 Å². The van der Waals surface area contributed by atoms with Crippen molar-refractivity contribution in [2.45, 2.75) is 76.2 Å². The molecule has 0 bridgehead atoms. The van der Waals surface area contributed by atoms with Crippen LogP contribution in [0.1, 0.15) is 75.2 Å². The molecule has 7 nitrogen and oxygen atoms in total. The van der Waals surface area contributed by atoms with E-state index in [9.17, 15) is 9.59 Å². The normalized spacial score (nSPS) is 23.4. The lowest BCUT2D eigenvalue weighted by atomic mass is 9.76. The zero-order valence-corrected chi connectivity index (χ0v) is 24.2. The Bertz CT molecular complexity index is 1400. The Labute approximate surface area is 240 Å². The smallest absolute Gasteiger partial charge is 0.242 e. The minimum atomic E-state index is -0.838. The number of imidazole rings is 1. The van der Waals surface area contributed by atoms with Gasteiger partial charge in [0.15, 0.2) is 0 Å². The number of H-pyrrole nitrogens is 1. The molecule has 0 spiro atoms. The number of fused-ring (bicyclic) bond motifs is 1. The predicted molar refractivity (Wildman–Crippen MR) is 156 cm³/mol. The van der Waals surface area contributed by atoms with Crippen LogP contribution in [-0.2, 0) is 26.2 Å². The number of aromatic nitrogens is 2. The summed E-state index contributed by atoms with van der Waals surface area (Å²) in [7, 11) is 0. The van der Waals surface area contributed by atoms with Crippen LogP contribution in [0.3, 0.4) is 0 Å². The summed E-state index contributed by atoms with van der Waals surface area (Å²) in [5, 5.41) is 6.86. The summed E-state index contributed by atoms with van der Waals surface area (Å²) in [6.45, 7) is 5.58. The maximum atomic E-state index is 13.9. The van der Waals surface area contributed by atoms with Gasteiger partial charge in [0.2, 0.25) is 11.8 Å². The van der Waals surface area contributed by atoms with Gasteiger partial charge in [0.25, 0.3) is 0 Å². The quantitative estimate of drug-likeness (QED) is 0.307. The van der Waals surface area contributed by atoms with E-state index in [-0.39, 0.29) is 29.1 Å². The molecule has 40 heavy (non-hydrogen) atoms. The van der Waals surface area contributed by atoms with Gasteiger partial charge in [-0.25, -0.2) is 4.98 Å². The first kappa shape index (κ1) is 27.3. The van der Waals surface area contributed by atoms with Crippen LogP contribution in [0.15, 0.2) is 42.5 Å². The molecule has 3 aromatic rings. The van der Waals surface area contributed by atoms with E-state index in [0.717, 1.165) is 53.1 Å². The summed E-state index contributed by atoms with van der Waals surface area (Å²) in [4.78, 5) is 35.3. The summed E-state index contributed by atoms with van der Waals surface area (Å²) >= 11 is 6.64. The summed E-state index contributed by atoms with van der Waals surface area (Å²) in [5.74, 6) is 1.16. The molecule has 1 unspecified atom stereocenters. The minimum Gasteiger partial charge on any atom is -0.380 e. The number of ether oxygens (including phenoxy) is 1. The molecule has 3 fully saturated rings. The van der Waals surface area contributed by atoms with Crippen LogP contribution in [0.5, 0.6) is 0 Å². The highest BCUT2D eigenvalue weighted by atomic mass is 35.5. The molecule has 1 aromatic heterocycles. The lowest BCUT2D eigenvalue weighted by molar-refractivity contribution is -0.134. The van der Waals surface area contributed by atoms with E-state index < -0.39 is 11.5 Å². The van der Waals surface area contributed by atoms with E-state index in [1.807, 2.05) is 37.3 Å². The first-order valence-corrected chi connectivity index (χ1v) is 15.1. The van der Waals surface area contributed by atoms with E-state index in [4.69, 9.17) is 21.3 Å². The van der Waals surface area contributed by atoms with Crippen molar-refractivity contribution in [2.75, 3.05) is 19.8 Å². The SMILES string of the molecule is CCNC(=O)[C@H](NC(=O)C1(c2ccc3nc(C[C@H](c4ccccc4Cl)C4(C)CC4)[nH]c3c2)CCOC1)C1CCC1. The molecular formula is C32H39ClN4O3. The summed E-state index contributed by atoms with van der Waals surface area (Å²) < 4.78 is 5.80. The lowest BCUT2D eigenvalue weighted by Gasteiger charge is -2.36. The largest absolute Gasteiger partial charge is 0.380 e. The van der Waals surface area contributed by atoms with Crippen LogP contribution in [0.2, 0.25) is 5.02 Å². The lowest BCUT2D eigenvalue weighted by Crippen LogP contribution is -2.57. The molecule has 212 valence electrons. The molecule has 8 heteroatoms. The van der Waals surface area contributed by atoms with Gasteiger partial charge in [0.05, 0.1) is 23.1 Å². The van der Waals surface area contributed by atoms with E-state index in [1.54, 1.807) is 0 Å². The molecular weight excluding hydrogens is 524 g/mol. The van der Waals surface area contributed by atoms with Gasteiger partial charge in [-0.1, -0.05) is 49.2 Å². The molecule has 0 radical (unpaired) electrons. The van der Waals surface area contributed by atoms with Crippen LogP contribution < -0.4 is 10.6 Å². The predicted octanol–water partition coefficient (Wildman–Crippen LogP) is 5.42.